The van der Waals surface area contributed by atoms with Crippen LogP contribution in [0.2, 0.25) is 0 Å². The van der Waals surface area contributed by atoms with Crippen molar-refractivity contribution < 1.29 is 18.7 Å². The summed E-state index contributed by atoms with van der Waals surface area (Å²) in [4.78, 5) is 0. The summed E-state index contributed by atoms with van der Waals surface area (Å²) in [5.41, 5.74) is 2.22. The number of aryl methyl sites for hydroxylation is 1. The van der Waals surface area contributed by atoms with Crippen molar-refractivity contribution >= 4 is 0 Å². The molecule has 0 bridgehead atoms. The largest absolute Gasteiger partial charge is 0.497 e. The van der Waals surface area contributed by atoms with Crippen LogP contribution in [0.1, 0.15) is 0 Å². The summed E-state index contributed by atoms with van der Waals surface area (Å²) in [7, 11) is 7.40. The van der Waals surface area contributed by atoms with Crippen LogP contribution in [0.4, 0.5) is 0 Å². The van der Waals surface area contributed by atoms with Crippen molar-refractivity contribution in [2.75, 3.05) is 14.2 Å². The van der Waals surface area contributed by atoms with Crippen LogP contribution >= 0.6 is 0 Å². The number of methoxy groups -OCH3 is 2. The Morgan fingerprint density at radius 2 is 1.22 bits per heavy atom. The molecule has 1 heterocycles. The standard InChI is InChI=1S/C18H20N3O2/c1-20-17(13-5-9-15(22-3)10-6-13)19-21(2)18(20)14-7-11-16(23-4)12-8-14/h5-12H,1-4H3/q+1/p+1. The summed E-state index contributed by atoms with van der Waals surface area (Å²) in [5, 5.41) is 3.40. The molecule has 0 spiro atoms. The molecule has 0 radical (unpaired) electrons. The Balaban J connectivity index is 2.04. The first-order valence-electron chi connectivity index (χ1n) is 7.41. The Morgan fingerprint density at radius 3 is 1.70 bits per heavy atom. The maximum atomic E-state index is 5.23. The fourth-order valence-electron chi connectivity index (χ4n) is 2.75. The summed E-state index contributed by atoms with van der Waals surface area (Å²) in [6.07, 6.45) is 0. The smallest absolute Gasteiger partial charge is 0.475 e. The molecule has 1 aromatic heterocycles. The molecule has 0 aliphatic heterocycles. The Kier molecular flexibility index (Phi) is 4.02. The number of benzene rings is 2. The summed E-state index contributed by atoms with van der Waals surface area (Å²) < 4.78 is 14.6. The molecule has 0 aliphatic carbocycles. The zero-order valence-electron chi connectivity index (χ0n) is 13.8. The zero-order valence-corrected chi connectivity index (χ0v) is 13.8. The van der Waals surface area contributed by atoms with Gasteiger partial charge in [0.25, 0.3) is 0 Å². The van der Waals surface area contributed by atoms with Gasteiger partial charge in [-0.1, -0.05) is 5.10 Å². The molecule has 2 aromatic carbocycles. The molecule has 3 rings (SSSR count). The van der Waals surface area contributed by atoms with E-state index >= 15 is 0 Å². The van der Waals surface area contributed by atoms with Crippen molar-refractivity contribution in [1.82, 2.24) is 5.10 Å². The van der Waals surface area contributed by atoms with Gasteiger partial charge in [0.1, 0.15) is 24.1 Å². The van der Waals surface area contributed by atoms with Crippen LogP contribution < -0.4 is 18.7 Å². The van der Waals surface area contributed by atoms with Crippen LogP contribution in [0.5, 0.6) is 11.5 Å². The van der Waals surface area contributed by atoms with Crippen molar-refractivity contribution in [2.45, 2.75) is 0 Å². The number of hydrogen-bond acceptors (Lipinski definition) is 2. The Labute approximate surface area is 135 Å². The average molecular weight is 311 g/mol. The molecule has 0 amide bonds. The molecular weight excluding hydrogens is 290 g/mol. The molecule has 118 valence electrons. The quantitative estimate of drug-likeness (QED) is 0.749. The molecule has 1 N–H and O–H groups in total. The van der Waals surface area contributed by atoms with E-state index in [0.717, 1.165) is 34.3 Å². The van der Waals surface area contributed by atoms with Crippen molar-refractivity contribution in [3.8, 4) is 34.3 Å². The predicted octanol–water partition coefficient (Wildman–Crippen LogP) is 2.01. The number of aromatic amines is 1. The van der Waals surface area contributed by atoms with Crippen molar-refractivity contribution in [2.24, 2.45) is 14.1 Å². The monoisotopic (exact) mass is 311 g/mol. The van der Waals surface area contributed by atoms with E-state index < -0.39 is 0 Å². The van der Waals surface area contributed by atoms with Gasteiger partial charge in [0, 0.05) is 0 Å². The van der Waals surface area contributed by atoms with E-state index in [1.54, 1.807) is 14.2 Å². The molecule has 3 aromatic rings. The van der Waals surface area contributed by atoms with Gasteiger partial charge in [0.05, 0.1) is 19.8 Å². The minimum Gasteiger partial charge on any atom is -0.497 e. The second-order valence-corrected chi connectivity index (χ2v) is 5.36. The Hall–Kier alpha value is -2.82. The van der Waals surface area contributed by atoms with E-state index in [0.29, 0.717) is 0 Å². The fraction of sp³-hybridized carbons (Fsp3) is 0.222. The van der Waals surface area contributed by atoms with Gasteiger partial charge in [-0.2, -0.15) is 0 Å². The van der Waals surface area contributed by atoms with Gasteiger partial charge in [-0.3, -0.25) is 0 Å². The molecule has 5 heteroatoms. The third-order valence-electron chi connectivity index (χ3n) is 3.96. The van der Waals surface area contributed by atoms with Crippen LogP contribution in [0.25, 0.3) is 22.8 Å². The minimum atomic E-state index is 0.850. The van der Waals surface area contributed by atoms with E-state index in [-0.39, 0.29) is 0 Å². The molecular formula is C18H21N3O2+2. The summed E-state index contributed by atoms with van der Waals surface area (Å²) >= 11 is 0. The van der Waals surface area contributed by atoms with E-state index in [1.807, 2.05) is 48.1 Å². The lowest BCUT2D eigenvalue weighted by Crippen LogP contribution is -2.40. The zero-order chi connectivity index (χ0) is 16.4. The number of nitrogens with zero attached hydrogens (tertiary/aromatic N) is 2. The van der Waals surface area contributed by atoms with Gasteiger partial charge in [-0.15, -0.1) is 4.57 Å². The van der Waals surface area contributed by atoms with Gasteiger partial charge in [-0.05, 0) is 53.2 Å². The molecule has 0 aliphatic rings. The SMILES string of the molecule is COc1ccc(-c2[nH][n+](C)c(-c3ccc(OC)cc3)[n+]2C)cc1. The first kappa shape index (κ1) is 15.1. The minimum absolute atomic E-state index is 0.850. The fourth-order valence-corrected chi connectivity index (χ4v) is 2.75. The van der Waals surface area contributed by atoms with E-state index in [9.17, 15) is 0 Å². The van der Waals surface area contributed by atoms with Crippen LogP contribution in [-0.2, 0) is 14.1 Å². The second-order valence-electron chi connectivity index (χ2n) is 5.36. The van der Waals surface area contributed by atoms with Crippen molar-refractivity contribution in [1.29, 1.82) is 0 Å². The Morgan fingerprint density at radius 1 is 0.739 bits per heavy atom. The molecule has 0 atom stereocenters. The maximum absolute atomic E-state index is 5.23. The normalized spacial score (nSPS) is 10.6. The van der Waals surface area contributed by atoms with E-state index in [1.165, 1.54) is 0 Å². The number of ether oxygens (including phenoxy) is 2. The van der Waals surface area contributed by atoms with Crippen LogP contribution in [0.15, 0.2) is 48.5 Å². The van der Waals surface area contributed by atoms with Gasteiger partial charge >= 0.3 is 11.6 Å². The number of rotatable bonds is 4. The van der Waals surface area contributed by atoms with Crippen LogP contribution in [0, 0.1) is 0 Å². The lowest BCUT2D eigenvalue weighted by molar-refractivity contribution is -0.773. The lowest BCUT2D eigenvalue weighted by atomic mass is 10.2. The second kappa shape index (κ2) is 6.12. The number of hydrogen-bond donors (Lipinski definition) is 1. The summed E-state index contributed by atoms with van der Waals surface area (Å²) in [5.74, 6) is 3.81. The highest BCUT2D eigenvalue weighted by Gasteiger charge is 2.30. The van der Waals surface area contributed by atoms with Gasteiger partial charge in [0.2, 0.25) is 0 Å². The molecule has 0 fully saturated rings. The molecule has 0 saturated heterocycles. The molecule has 5 nitrogen and oxygen atoms in total. The summed E-state index contributed by atoms with van der Waals surface area (Å²) in [6, 6.07) is 16.1. The van der Waals surface area contributed by atoms with Crippen LogP contribution in [-0.4, -0.2) is 19.3 Å². The average Bonchev–Trinajstić information content (AvgIpc) is 2.89. The van der Waals surface area contributed by atoms with E-state index in [2.05, 4.69) is 28.8 Å². The predicted molar refractivity (Wildman–Crippen MR) is 87.1 cm³/mol. The highest BCUT2D eigenvalue weighted by Crippen LogP contribution is 2.21. The van der Waals surface area contributed by atoms with Crippen molar-refractivity contribution in [3.63, 3.8) is 0 Å². The van der Waals surface area contributed by atoms with E-state index in [4.69, 9.17) is 9.47 Å². The summed E-state index contributed by atoms with van der Waals surface area (Å²) in [6.45, 7) is 0. The third kappa shape index (κ3) is 2.77. The van der Waals surface area contributed by atoms with Crippen molar-refractivity contribution in [3.05, 3.63) is 48.5 Å². The number of H-pyrrole nitrogens is 1. The van der Waals surface area contributed by atoms with Crippen LogP contribution in [0.3, 0.4) is 0 Å². The molecule has 23 heavy (non-hydrogen) atoms. The lowest BCUT2D eigenvalue weighted by Gasteiger charge is -1.99. The van der Waals surface area contributed by atoms with Gasteiger partial charge < -0.3 is 9.47 Å². The molecule has 0 unspecified atom stereocenters. The highest BCUT2D eigenvalue weighted by molar-refractivity contribution is 5.56. The Bertz CT molecular complexity index is 806. The first-order chi connectivity index (χ1) is 11.1. The highest BCUT2D eigenvalue weighted by atomic mass is 16.5. The van der Waals surface area contributed by atoms with Gasteiger partial charge in [0.15, 0.2) is 7.05 Å². The third-order valence-corrected chi connectivity index (χ3v) is 3.96. The number of nitrogens with one attached hydrogen (secondary N) is 1. The number of aromatic nitrogens is 3. The topological polar surface area (TPSA) is 42.0 Å². The maximum Gasteiger partial charge on any atom is 0.475 e. The molecule has 0 saturated carbocycles. The van der Waals surface area contributed by atoms with Gasteiger partial charge in [-0.25, -0.2) is 0 Å². The first-order valence-corrected chi connectivity index (χ1v) is 7.41.